The van der Waals surface area contributed by atoms with Gasteiger partial charge in [0.05, 0.1) is 11.3 Å². The van der Waals surface area contributed by atoms with Gasteiger partial charge >= 0.3 is 6.09 Å². The molecule has 0 saturated heterocycles. The first kappa shape index (κ1) is 22.0. The predicted molar refractivity (Wildman–Crippen MR) is 107 cm³/mol. The maximum atomic E-state index is 14.3. The number of nitrogens with one attached hydrogen (secondary N) is 2. The van der Waals surface area contributed by atoms with E-state index in [1.165, 1.54) is 12.1 Å². The van der Waals surface area contributed by atoms with Gasteiger partial charge in [-0.25, -0.2) is 18.0 Å². The predicted octanol–water partition coefficient (Wildman–Crippen LogP) is 4.99. The number of carbonyl (C=O) groups is 2. The fourth-order valence-corrected chi connectivity index (χ4v) is 2.76. The third kappa shape index (κ3) is 6.11. The highest BCUT2D eigenvalue weighted by Crippen LogP contribution is 2.23. The quantitative estimate of drug-likeness (QED) is 0.575. The first-order chi connectivity index (χ1) is 13.0. The van der Waals surface area contributed by atoms with Crippen molar-refractivity contribution in [3.63, 3.8) is 0 Å². The van der Waals surface area contributed by atoms with E-state index < -0.39 is 35.1 Å². The summed E-state index contributed by atoms with van der Waals surface area (Å²) in [4.78, 5) is 24.1. The molecule has 2 aromatic carbocycles. The first-order valence-electron chi connectivity index (χ1n) is 8.17. The number of hydrogen-bond acceptors (Lipinski definition) is 3. The topological polar surface area (TPSA) is 67.4 Å². The molecule has 0 unspecified atom stereocenters. The number of hydrogen-bond donors (Lipinski definition) is 2. The van der Waals surface area contributed by atoms with Gasteiger partial charge < -0.3 is 10.1 Å². The molecule has 0 saturated carbocycles. The van der Waals surface area contributed by atoms with Crippen molar-refractivity contribution in [2.24, 2.45) is 0 Å². The Kier molecular flexibility index (Phi) is 6.91. The highest BCUT2D eigenvalue weighted by atomic mass is 127. The van der Waals surface area contributed by atoms with Crippen molar-refractivity contribution < 1.29 is 27.5 Å². The summed E-state index contributed by atoms with van der Waals surface area (Å²) in [5.41, 5.74) is -0.481. The molecular formula is C19H18F3IN2O3. The van der Waals surface area contributed by atoms with Gasteiger partial charge in [0.25, 0.3) is 5.91 Å². The standard InChI is InChI=1S/C19H18F3IN2O3/c1-19(2,3)28-18(27)25-16-8-13(21)11(7-15(16)23)17(26)24-9-10-4-5-12(20)14(22)6-10/h4-8H,9H2,1-3H3,(H,24,26)(H,25,27). The molecular weight excluding hydrogens is 488 g/mol. The average molecular weight is 506 g/mol. The molecule has 0 heterocycles. The van der Waals surface area contributed by atoms with E-state index >= 15 is 0 Å². The molecule has 0 spiro atoms. The van der Waals surface area contributed by atoms with Crippen molar-refractivity contribution in [1.82, 2.24) is 5.32 Å². The van der Waals surface area contributed by atoms with Crippen molar-refractivity contribution in [2.75, 3.05) is 5.32 Å². The molecule has 0 aromatic heterocycles. The summed E-state index contributed by atoms with van der Waals surface area (Å²) in [5, 5.41) is 4.86. The summed E-state index contributed by atoms with van der Waals surface area (Å²) in [6.07, 6.45) is -0.750. The number of anilines is 1. The largest absolute Gasteiger partial charge is 0.444 e. The maximum Gasteiger partial charge on any atom is 0.412 e. The number of ether oxygens (including phenoxy) is 1. The lowest BCUT2D eigenvalue weighted by atomic mass is 10.1. The third-order valence-corrected chi connectivity index (χ3v) is 4.27. The Bertz CT molecular complexity index is 914. The molecule has 2 amide bonds. The Morgan fingerprint density at radius 1 is 1.04 bits per heavy atom. The van der Waals surface area contributed by atoms with E-state index in [1.807, 2.05) is 22.6 Å². The Labute approximate surface area is 173 Å². The van der Waals surface area contributed by atoms with Crippen LogP contribution in [0, 0.1) is 21.0 Å². The van der Waals surface area contributed by atoms with Crippen molar-refractivity contribution >= 4 is 40.3 Å². The Morgan fingerprint density at radius 3 is 2.32 bits per heavy atom. The van der Waals surface area contributed by atoms with Gasteiger partial charge in [0.15, 0.2) is 11.6 Å². The van der Waals surface area contributed by atoms with Crippen LogP contribution in [-0.2, 0) is 11.3 Å². The van der Waals surface area contributed by atoms with Gasteiger partial charge in [-0.1, -0.05) is 6.07 Å². The van der Waals surface area contributed by atoms with Crippen LogP contribution in [0.5, 0.6) is 0 Å². The van der Waals surface area contributed by atoms with Crippen LogP contribution in [0.3, 0.4) is 0 Å². The molecule has 2 N–H and O–H groups in total. The van der Waals surface area contributed by atoms with Gasteiger partial charge in [0.2, 0.25) is 0 Å². The van der Waals surface area contributed by atoms with E-state index in [2.05, 4.69) is 10.6 Å². The van der Waals surface area contributed by atoms with Crippen LogP contribution in [0.2, 0.25) is 0 Å². The molecule has 0 bridgehead atoms. The van der Waals surface area contributed by atoms with Crippen LogP contribution < -0.4 is 10.6 Å². The normalized spacial score (nSPS) is 11.1. The van der Waals surface area contributed by atoms with Crippen molar-refractivity contribution in [3.05, 3.63) is 62.5 Å². The smallest absolute Gasteiger partial charge is 0.412 e. The molecule has 28 heavy (non-hydrogen) atoms. The zero-order chi connectivity index (χ0) is 21.1. The first-order valence-corrected chi connectivity index (χ1v) is 9.25. The maximum absolute atomic E-state index is 14.3. The summed E-state index contributed by atoms with van der Waals surface area (Å²) in [7, 11) is 0. The molecule has 0 aliphatic carbocycles. The molecule has 2 aromatic rings. The Morgan fingerprint density at radius 2 is 1.71 bits per heavy atom. The van der Waals surface area contributed by atoms with E-state index in [4.69, 9.17) is 4.74 Å². The summed E-state index contributed by atoms with van der Waals surface area (Å²) < 4.78 is 46.0. The number of benzene rings is 2. The van der Waals surface area contributed by atoms with E-state index in [-0.39, 0.29) is 17.8 Å². The lowest BCUT2D eigenvalue weighted by Crippen LogP contribution is -2.28. The number of amides is 2. The van der Waals surface area contributed by atoms with Gasteiger partial charge in [0, 0.05) is 10.1 Å². The number of halogens is 4. The lowest BCUT2D eigenvalue weighted by molar-refractivity contribution is 0.0635. The third-order valence-electron chi connectivity index (χ3n) is 3.37. The van der Waals surface area contributed by atoms with Gasteiger partial charge in [-0.3, -0.25) is 10.1 Å². The summed E-state index contributed by atoms with van der Waals surface area (Å²) in [6.45, 7) is 4.97. The Balaban J connectivity index is 2.09. The zero-order valence-electron chi connectivity index (χ0n) is 15.3. The minimum absolute atomic E-state index is 0.107. The molecule has 0 atom stereocenters. The van der Waals surface area contributed by atoms with Crippen LogP contribution in [0.1, 0.15) is 36.7 Å². The molecule has 0 aliphatic rings. The van der Waals surface area contributed by atoms with Crippen molar-refractivity contribution in [1.29, 1.82) is 0 Å². The molecule has 0 radical (unpaired) electrons. The monoisotopic (exact) mass is 506 g/mol. The van der Waals surface area contributed by atoms with Crippen molar-refractivity contribution in [3.8, 4) is 0 Å². The second-order valence-electron chi connectivity index (χ2n) is 6.87. The van der Waals surface area contributed by atoms with Gasteiger partial charge in [0.1, 0.15) is 11.4 Å². The zero-order valence-corrected chi connectivity index (χ0v) is 17.5. The molecule has 5 nitrogen and oxygen atoms in total. The van der Waals surface area contributed by atoms with Gasteiger partial charge in [-0.15, -0.1) is 0 Å². The van der Waals surface area contributed by atoms with E-state index in [0.29, 0.717) is 9.13 Å². The van der Waals surface area contributed by atoms with Gasteiger partial charge in [-0.05, 0) is 73.2 Å². The number of rotatable bonds is 4. The minimum Gasteiger partial charge on any atom is -0.444 e. The second kappa shape index (κ2) is 8.80. The summed E-state index contributed by atoms with van der Waals surface area (Å²) in [5.74, 6) is -3.62. The van der Waals surface area contributed by atoms with Crippen LogP contribution >= 0.6 is 22.6 Å². The Hall–Kier alpha value is -2.30. The average Bonchev–Trinajstić information content (AvgIpc) is 2.57. The molecule has 0 fully saturated rings. The van der Waals surface area contributed by atoms with Gasteiger partial charge in [-0.2, -0.15) is 0 Å². The van der Waals surface area contributed by atoms with Crippen molar-refractivity contribution in [2.45, 2.75) is 32.9 Å². The lowest BCUT2D eigenvalue weighted by Gasteiger charge is -2.20. The van der Waals surface area contributed by atoms with Crippen LogP contribution in [-0.4, -0.2) is 17.6 Å². The fourth-order valence-electron chi connectivity index (χ4n) is 2.16. The van der Waals surface area contributed by atoms with E-state index in [1.54, 1.807) is 20.8 Å². The van der Waals surface area contributed by atoms with E-state index in [0.717, 1.165) is 18.2 Å². The molecule has 0 aliphatic heterocycles. The summed E-state index contributed by atoms with van der Waals surface area (Å²) >= 11 is 1.85. The van der Waals surface area contributed by atoms with Crippen LogP contribution in [0.25, 0.3) is 0 Å². The fraction of sp³-hybridized carbons (Fsp3) is 0.263. The highest BCUT2D eigenvalue weighted by Gasteiger charge is 2.20. The minimum atomic E-state index is -1.04. The summed E-state index contributed by atoms with van der Waals surface area (Å²) in [6, 6.07) is 5.48. The molecule has 2 rings (SSSR count). The second-order valence-corrected chi connectivity index (χ2v) is 8.03. The van der Waals surface area contributed by atoms with Crippen LogP contribution in [0.4, 0.5) is 23.7 Å². The molecule has 9 heteroatoms. The SMILES string of the molecule is CC(C)(C)OC(=O)Nc1cc(F)c(C(=O)NCc2ccc(F)c(F)c2)cc1I. The highest BCUT2D eigenvalue weighted by molar-refractivity contribution is 14.1. The van der Waals surface area contributed by atoms with Crippen LogP contribution in [0.15, 0.2) is 30.3 Å². The molecule has 150 valence electrons. The van der Waals surface area contributed by atoms with E-state index in [9.17, 15) is 22.8 Å². The number of carbonyl (C=O) groups excluding carboxylic acids is 2.